The van der Waals surface area contributed by atoms with Crippen molar-refractivity contribution < 1.29 is 14.6 Å². The Labute approximate surface area is 104 Å². The van der Waals surface area contributed by atoms with Crippen molar-refractivity contribution in [3.05, 3.63) is 22.8 Å². The van der Waals surface area contributed by atoms with Crippen LogP contribution in [0.2, 0.25) is 5.15 Å². The largest absolute Gasteiger partial charge is 0.478 e. The Morgan fingerprint density at radius 1 is 1.65 bits per heavy atom. The van der Waals surface area contributed by atoms with E-state index in [0.29, 0.717) is 18.3 Å². The summed E-state index contributed by atoms with van der Waals surface area (Å²) in [7, 11) is 0. The number of carboxylic acids is 1. The average Bonchev–Trinajstić information content (AvgIpc) is 2.78. The third kappa shape index (κ3) is 3.31. The zero-order chi connectivity index (χ0) is 12.3. The maximum atomic E-state index is 10.8. The predicted octanol–water partition coefficient (Wildman–Crippen LogP) is 1.88. The Kier molecular flexibility index (Phi) is 3.81. The molecule has 2 N–H and O–H groups in total. The number of anilines is 1. The average molecular weight is 257 g/mol. The summed E-state index contributed by atoms with van der Waals surface area (Å²) in [6, 6.07) is 2.80. The van der Waals surface area contributed by atoms with Crippen LogP contribution in [-0.2, 0) is 4.74 Å². The number of aromatic carboxylic acids is 1. The molecule has 1 saturated heterocycles. The number of nitrogens with zero attached hydrogens (tertiary/aromatic N) is 1. The summed E-state index contributed by atoms with van der Waals surface area (Å²) < 4.78 is 5.25. The molecule has 1 atom stereocenters. The number of ether oxygens (including phenoxy) is 1. The summed E-state index contributed by atoms with van der Waals surface area (Å²) in [5.74, 6) is -0.0765. The van der Waals surface area contributed by atoms with E-state index < -0.39 is 5.97 Å². The molecule has 5 nitrogen and oxygen atoms in total. The van der Waals surface area contributed by atoms with E-state index in [0.717, 1.165) is 19.6 Å². The molecule has 1 aromatic heterocycles. The number of rotatable bonds is 4. The lowest BCUT2D eigenvalue weighted by atomic mass is 10.1. The first kappa shape index (κ1) is 12.1. The van der Waals surface area contributed by atoms with Gasteiger partial charge in [0.15, 0.2) is 0 Å². The van der Waals surface area contributed by atoms with E-state index in [9.17, 15) is 4.79 Å². The van der Waals surface area contributed by atoms with Gasteiger partial charge in [0, 0.05) is 19.1 Å². The van der Waals surface area contributed by atoms with Gasteiger partial charge in [0.25, 0.3) is 0 Å². The third-order valence-corrected chi connectivity index (χ3v) is 2.83. The van der Waals surface area contributed by atoms with Crippen LogP contribution in [0, 0.1) is 5.92 Å². The van der Waals surface area contributed by atoms with E-state index in [4.69, 9.17) is 21.4 Å². The van der Waals surface area contributed by atoms with Gasteiger partial charge in [0.1, 0.15) is 11.0 Å². The summed E-state index contributed by atoms with van der Waals surface area (Å²) in [5.41, 5.74) is 0.134. The van der Waals surface area contributed by atoms with Gasteiger partial charge in [-0.25, -0.2) is 9.78 Å². The molecule has 1 unspecified atom stereocenters. The van der Waals surface area contributed by atoms with Gasteiger partial charge in [-0.05, 0) is 18.6 Å². The van der Waals surface area contributed by atoms with Crippen LogP contribution in [0.3, 0.4) is 0 Å². The Hall–Kier alpha value is -1.33. The van der Waals surface area contributed by atoms with Crippen LogP contribution in [0.15, 0.2) is 12.1 Å². The van der Waals surface area contributed by atoms with Gasteiger partial charge < -0.3 is 15.2 Å². The molecule has 1 aliphatic rings. The van der Waals surface area contributed by atoms with Crippen LogP contribution in [0.4, 0.5) is 5.82 Å². The minimum absolute atomic E-state index is 0.134. The van der Waals surface area contributed by atoms with E-state index in [1.807, 2.05) is 0 Å². The maximum absolute atomic E-state index is 10.8. The molecule has 1 aliphatic heterocycles. The summed E-state index contributed by atoms with van der Waals surface area (Å²) in [5, 5.41) is 12.1. The van der Waals surface area contributed by atoms with Crippen molar-refractivity contribution in [1.29, 1.82) is 0 Å². The van der Waals surface area contributed by atoms with Gasteiger partial charge >= 0.3 is 5.97 Å². The Bertz CT molecular complexity index is 419. The number of pyridine rings is 1. The SMILES string of the molecule is O=C(O)c1cc(Cl)nc(NCC2CCOC2)c1. The molecule has 2 rings (SSSR count). The standard InChI is InChI=1S/C11H13ClN2O3/c12-9-3-8(11(15)16)4-10(14-9)13-5-7-1-2-17-6-7/h3-4,7H,1-2,5-6H2,(H,13,14)(H,15,16). The fraction of sp³-hybridized carbons (Fsp3) is 0.455. The number of carbonyl (C=O) groups is 1. The van der Waals surface area contributed by atoms with Gasteiger partial charge in [0.2, 0.25) is 0 Å². The molecule has 17 heavy (non-hydrogen) atoms. The minimum Gasteiger partial charge on any atom is -0.478 e. The van der Waals surface area contributed by atoms with Crippen LogP contribution in [0.5, 0.6) is 0 Å². The van der Waals surface area contributed by atoms with Crippen molar-refractivity contribution in [2.45, 2.75) is 6.42 Å². The smallest absolute Gasteiger partial charge is 0.335 e. The van der Waals surface area contributed by atoms with Gasteiger partial charge in [-0.15, -0.1) is 0 Å². The van der Waals surface area contributed by atoms with E-state index in [-0.39, 0.29) is 10.7 Å². The van der Waals surface area contributed by atoms with Gasteiger partial charge in [-0.3, -0.25) is 0 Å². The molecule has 0 spiro atoms. The second-order valence-corrected chi connectivity index (χ2v) is 4.37. The second-order valence-electron chi connectivity index (χ2n) is 3.98. The molecule has 0 saturated carbocycles. The van der Waals surface area contributed by atoms with Crippen molar-refractivity contribution in [2.24, 2.45) is 5.92 Å². The molecule has 0 aliphatic carbocycles. The minimum atomic E-state index is -1.01. The third-order valence-electron chi connectivity index (χ3n) is 2.64. The highest BCUT2D eigenvalue weighted by atomic mass is 35.5. The topological polar surface area (TPSA) is 71.5 Å². The monoisotopic (exact) mass is 256 g/mol. The quantitative estimate of drug-likeness (QED) is 0.805. The molecule has 1 aromatic rings. The van der Waals surface area contributed by atoms with Crippen molar-refractivity contribution in [1.82, 2.24) is 4.98 Å². The van der Waals surface area contributed by atoms with Crippen LogP contribution in [-0.4, -0.2) is 35.8 Å². The summed E-state index contributed by atoms with van der Waals surface area (Å²) >= 11 is 5.75. The predicted molar refractivity (Wildman–Crippen MR) is 63.6 cm³/mol. The Morgan fingerprint density at radius 3 is 3.12 bits per heavy atom. The second kappa shape index (κ2) is 5.33. The molecule has 1 fully saturated rings. The number of aromatic nitrogens is 1. The first-order chi connectivity index (χ1) is 8.15. The fourth-order valence-electron chi connectivity index (χ4n) is 1.70. The first-order valence-corrected chi connectivity index (χ1v) is 5.75. The summed E-state index contributed by atoms with van der Waals surface area (Å²) in [6.45, 7) is 2.24. The molecule has 2 heterocycles. The van der Waals surface area contributed by atoms with E-state index >= 15 is 0 Å². The van der Waals surface area contributed by atoms with Crippen molar-refractivity contribution in [3.8, 4) is 0 Å². The van der Waals surface area contributed by atoms with Gasteiger partial charge in [-0.2, -0.15) is 0 Å². The van der Waals surface area contributed by atoms with Crippen molar-refractivity contribution >= 4 is 23.4 Å². The number of hydrogen-bond donors (Lipinski definition) is 2. The highest BCUT2D eigenvalue weighted by Crippen LogP contribution is 2.17. The van der Waals surface area contributed by atoms with Crippen LogP contribution < -0.4 is 5.32 Å². The molecule has 0 radical (unpaired) electrons. The Balaban J connectivity index is 2.01. The van der Waals surface area contributed by atoms with Crippen LogP contribution in [0.1, 0.15) is 16.8 Å². The fourth-order valence-corrected chi connectivity index (χ4v) is 1.91. The lowest BCUT2D eigenvalue weighted by molar-refractivity contribution is 0.0697. The summed E-state index contributed by atoms with van der Waals surface area (Å²) in [4.78, 5) is 14.9. The zero-order valence-electron chi connectivity index (χ0n) is 9.15. The summed E-state index contributed by atoms with van der Waals surface area (Å²) in [6.07, 6.45) is 1.01. The van der Waals surface area contributed by atoms with Gasteiger partial charge in [0.05, 0.1) is 12.2 Å². The zero-order valence-corrected chi connectivity index (χ0v) is 9.91. The number of halogens is 1. The lowest BCUT2D eigenvalue weighted by Crippen LogP contribution is -2.15. The highest BCUT2D eigenvalue weighted by molar-refractivity contribution is 6.29. The molecule has 6 heteroatoms. The normalized spacial score (nSPS) is 19.2. The van der Waals surface area contributed by atoms with E-state index in [2.05, 4.69) is 10.3 Å². The van der Waals surface area contributed by atoms with Gasteiger partial charge in [-0.1, -0.05) is 11.6 Å². The molecular weight excluding hydrogens is 244 g/mol. The molecule has 92 valence electrons. The lowest BCUT2D eigenvalue weighted by Gasteiger charge is -2.10. The van der Waals surface area contributed by atoms with Crippen LogP contribution >= 0.6 is 11.6 Å². The molecule has 0 amide bonds. The van der Waals surface area contributed by atoms with Crippen LogP contribution in [0.25, 0.3) is 0 Å². The van der Waals surface area contributed by atoms with Crippen molar-refractivity contribution in [3.63, 3.8) is 0 Å². The van der Waals surface area contributed by atoms with E-state index in [1.54, 1.807) is 0 Å². The molecule has 0 aromatic carbocycles. The molecular formula is C11H13ClN2O3. The molecule has 0 bridgehead atoms. The number of hydrogen-bond acceptors (Lipinski definition) is 4. The first-order valence-electron chi connectivity index (χ1n) is 5.37. The Morgan fingerprint density at radius 2 is 2.47 bits per heavy atom. The number of carboxylic acid groups (broad SMARTS) is 1. The number of nitrogens with one attached hydrogen (secondary N) is 1. The van der Waals surface area contributed by atoms with Crippen molar-refractivity contribution in [2.75, 3.05) is 25.1 Å². The highest BCUT2D eigenvalue weighted by Gasteiger charge is 2.15. The maximum Gasteiger partial charge on any atom is 0.335 e. The van der Waals surface area contributed by atoms with E-state index in [1.165, 1.54) is 12.1 Å².